The number of rotatable bonds is 4. The zero-order valence-electron chi connectivity index (χ0n) is 9.19. The highest BCUT2D eigenvalue weighted by molar-refractivity contribution is 5.95. The van der Waals surface area contributed by atoms with Gasteiger partial charge in [0.1, 0.15) is 0 Å². The Morgan fingerprint density at radius 1 is 1.38 bits per heavy atom. The number of methoxy groups -OCH3 is 1. The molecule has 0 saturated heterocycles. The van der Waals surface area contributed by atoms with Crippen LogP contribution in [-0.4, -0.2) is 18.9 Å². The highest BCUT2D eigenvalue weighted by atomic mass is 16.5. The molecule has 1 heterocycles. The van der Waals surface area contributed by atoms with Crippen LogP contribution in [0.1, 0.15) is 46.8 Å². The maximum atomic E-state index is 11.7. The lowest BCUT2D eigenvalue weighted by Gasteiger charge is -2.23. The first-order valence-corrected chi connectivity index (χ1v) is 5.42. The molecule has 1 fully saturated rings. The Balaban J connectivity index is 2.00. The second-order valence-corrected chi connectivity index (χ2v) is 4.08. The van der Waals surface area contributed by atoms with E-state index in [4.69, 9.17) is 4.42 Å². The van der Waals surface area contributed by atoms with Crippen LogP contribution in [0.2, 0.25) is 0 Å². The normalized spacial score (nSPS) is 15.6. The summed E-state index contributed by atoms with van der Waals surface area (Å²) >= 11 is 0. The number of hydrogen-bond donors (Lipinski definition) is 0. The minimum absolute atomic E-state index is 0.0279. The number of carbonyl (C=O) groups is 2. The third-order valence-corrected chi connectivity index (χ3v) is 2.97. The van der Waals surface area contributed by atoms with E-state index in [1.165, 1.54) is 25.7 Å². The van der Waals surface area contributed by atoms with E-state index in [9.17, 15) is 9.59 Å². The molecule has 1 aliphatic carbocycles. The lowest BCUT2D eigenvalue weighted by Crippen LogP contribution is -2.15. The predicted molar refractivity (Wildman–Crippen MR) is 56.3 cm³/mol. The fourth-order valence-corrected chi connectivity index (χ4v) is 1.76. The summed E-state index contributed by atoms with van der Waals surface area (Å²) in [5.74, 6) is 0.258. The lowest BCUT2D eigenvalue weighted by atomic mass is 9.81. The minimum Gasteiger partial charge on any atom is -0.463 e. The smallest absolute Gasteiger partial charge is 0.373 e. The van der Waals surface area contributed by atoms with Crippen LogP contribution in [0.3, 0.4) is 0 Å². The molecule has 1 aromatic rings. The summed E-state index contributed by atoms with van der Waals surface area (Å²) in [4.78, 5) is 22.8. The number of ether oxygens (including phenoxy) is 1. The molecular formula is C12H14O4. The fraction of sp³-hybridized carbons (Fsp3) is 0.500. The molecule has 4 nitrogen and oxygen atoms in total. The maximum absolute atomic E-state index is 11.7. The summed E-state index contributed by atoms with van der Waals surface area (Å²) < 4.78 is 9.64. The molecule has 0 aromatic carbocycles. The Morgan fingerprint density at radius 2 is 2.06 bits per heavy atom. The molecule has 4 heteroatoms. The van der Waals surface area contributed by atoms with Gasteiger partial charge in [-0.05, 0) is 30.9 Å². The molecule has 0 radical (unpaired) electrons. The van der Waals surface area contributed by atoms with E-state index >= 15 is 0 Å². The molecule has 1 aromatic heterocycles. The van der Waals surface area contributed by atoms with Crippen molar-refractivity contribution in [2.24, 2.45) is 5.92 Å². The van der Waals surface area contributed by atoms with E-state index < -0.39 is 5.97 Å². The SMILES string of the molecule is COC(=O)c1ccc(C(=O)CC2CCC2)o1. The summed E-state index contributed by atoms with van der Waals surface area (Å²) in [6.45, 7) is 0. The zero-order valence-corrected chi connectivity index (χ0v) is 9.19. The van der Waals surface area contributed by atoms with Crippen molar-refractivity contribution in [2.45, 2.75) is 25.7 Å². The summed E-state index contributed by atoms with van der Waals surface area (Å²) in [7, 11) is 1.28. The fourth-order valence-electron chi connectivity index (χ4n) is 1.76. The third kappa shape index (κ3) is 2.15. The molecular weight excluding hydrogens is 208 g/mol. The molecule has 2 rings (SSSR count). The molecule has 0 spiro atoms. The van der Waals surface area contributed by atoms with Crippen molar-refractivity contribution in [1.82, 2.24) is 0 Å². The van der Waals surface area contributed by atoms with E-state index in [-0.39, 0.29) is 17.3 Å². The van der Waals surface area contributed by atoms with Crippen LogP contribution in [0.15, 0.2) is 16.5 Å². The summed E-state index contributed by atoms with van der Waals surface area (Å²) in [5, 5.41) is 0. The molecule has 0 amide bonds. The van der Waals surface area contributed by atoms with Crippen molar-refractivity contribution in [3.8, 4) is 0 Å². The Bertz CT molecular complexity index is 401. The summed E-state index contributed by atoms with van der Waals surface area (Å²) in [5.41, 5.74) is 0. The van der Waals surface area contributed by atoms with Crippen molar-refractivity contribution >= 4 is 11.8 Å². The highest BCUT2D eigenvalue weighted by Gasteiger charge is 2.23. The summed E-state index contributed by atoms with van der Waals surface area (Å²) in [6, 6.07) is 3.01. The number of esters is 1. The minimum atomic E-state index is -0.553. The molecule has 0 atom stereocenters. The molecule has 1 saturated carbocycles. The standard InChI is InChI=1S/C12H14O4/c1-15-12(14)11-6-5-10(16-11)9(13)7-8-3-2-4-8/h5-6,8H,2-4,7H2,1H3. The third-order valence-electron chi connectivity index (χ3n) is 2.97. The van der Waals surface area contributed by atoms with Crippen molar-refractivity contribution < 1.29 is 18.7 Å². The number of carbonyl (C=O) groups excluding carboxylic acids is 2. The van der Waals surface area contributed by atoms with Crippen LogP contribution in [-0.2, 0) is 4.74 Å². The van der Waals surface area contributed by atoms with Crippen molar-refractivity contribution in [3.05, 3.63) is 23.7 Å². The van der Waals surface area contributed by atoms with Crippen molar-refractivity contribution in [2.75, 3.05) is 7.11 Å². The zero-order chi connectivity index (χ0) is 11.5. The number of furan rings is 1. The first-order valence-electron chi connectivity index (χ1n) is 5.42. The molecule has 0 bridgehead atoms. The van der Waals surface area contributed by atoms with Gasteiger partial charge in [0.2, 0.25) is 5.76 Å². The van der Waals surface area contributed by atoms with Crippen molar-refractivity contribution in [1.29, 1.82) is 0 Å². The van der Waals surface area contributed by atoms with Crippen LogP contribution >= 0.6 is 0 Å². The van der Waals surface area contributed by atoms with Gasteiger partial charge in [0.05, 0.1) is 7.11 Å². The van der Waals surface area contributed by atoms with Crippen molar-refractivity contribution in [3.63, 3.8) is 0 Å². The van der Waals surface area contributed by atoms with Crippen LogP contribution < -0.4 is 0 Å². The summed E-state index contributed by atoms with van der Waals surface area (Å²) in [6.07, 6.45) is 3.98. The Labute approximate surface area is 93.6 Å². The maximum Gasteiger partial charge on any atom is 0.373 e. The van der Waals surface area contributed by atoms with Gasteiger partial charge in [-0.1, -0.05) is 6.42 Å². The largest absolute Gasteiger partial charge is 0.463 e. The van der Waals surface area contributed by atoms with Gasteiger partial charge in [0.15, 0.2) is 11.5 Å². The monoisotopic (exact) mass is 222 g/mol. The molecule has 16 heavy (non-hydrogen) atoms. The lowest BCUT2D eigenvalue weighted by molar-refractivity contribution is 0.0562. The Hall–Kier alpha value is -1.58. The number of Topliss-reactive ketones (excluding diaryl/α,β-unsaturated/α-hetero) is 1. The molecule has 0 unspecified atom stereocenters. The Kier molecular flexibility index (Phi) is 3.08. The molecule has 1 aliphatic rings. The first kappa shape index (κ1) is 10.9. The second-order valence-electron chi connectivity index (χ2n) is 4.08. The van der Waals surface area contributed by atoms with E-state index in [0.29, 0.717) is 12.3 Å². The Morgan fingerprint density at radius 3 is 2.62 bits per heavy atom. The topological polar surface area (TPSA) is 56.5 Å². The van der Waals surface area contributed by atoms with Gasteiger partial charge in [-0.15, -0.1) is 0 Å². The second kappa shape index (κ2) is 4.51. The highest BCUT2D eigenvalue weighted by Crippen LogP contribution is 2.30. The number of hydrogen-bond acceptors (Lipinski definition) is 4. The average Bonchev–Trinajstić information content (AvgIpc) is 2.71. The van der Waals surface area contributed by atoms with E-state index in [1.54, 1.807) is 0 Å². The average molecular weight is 222 g/mol. The van der Waals surface area contributed by atoms with E-state index in [1.807, 2.05) is 0 Å². The predicted octanol–water partition coefficient (Wildman–Crippen LogP) is 2.44. The van der Waals surface area contributed by atoms with Gasteiger partial charge in [-0.3, -0.25) is 4.79 Å². The van der Waals surface area contributed by atoms with Crippen LogP contribution in [0.4, 0.5) is 0 Å². The first-order chi connectivity index (χ1) is 7.70. The molecule has 0 N–H and O–H groups in total. The van der Waals surface area contributed by atoms with E-state index in [0.717, 1.165) is 12.8 Å². The van der Waals surface area contributed by atoms with Crippen LogP contribution in [0.5, 0.6) is 0 Å². The van der Waals surface area contributed by atoms with Gasteiger partial charge in [-0.25, -0.2) is 4.79 Å². The van der Waals surface area contributed by atoms with E-state index in [2.05, 4.69) is 4.74 Å². The van der Waals surface area contributed by atoms with Gasteiger partial charge in [0.25, 0.3) is 0 Å². The molecule has 86 valence electrons. The van der Waals surface area contributed by atoms with Gasteiger partial charge < -0.3 is 9.15 Å². The van der Waals surface area contributed by atoms with Gasteiger partial charge >= 0.3 is 5.97 Å². The van der Waals surface area contributed by atoms with Gasteiger partial charge in [-0.2, -0.15) is 0 Å². The van der Waals surface area contributed by atoms with Gasteiger partial charge in [0, 0.05) is 6.42 Å². The molecule has 0 aliphatic heterocycles. The number of ketones is 1. The van der Waals surface area contributed by atoms with Crippen LogP contribution in [0.25, 0.3) is 0 Å². The quantitative estimate of drug-likeness (QED) is 0.580. The van der Waals surface area contributed by atoms with Crippen LogP contribution in [0, 0.1) is 5.92 Å².